The van der Waals surface area contributed by atoms with Crippen LogP contribution in [0.5, 0.6) is 0 Å². The van der Waals surface area contributed by atoms with Gasteiger partial charge in [-0.15, -0.1) is 0 Å². The lowest BCUT2D eigenvalue weighted by Gasteiger charge is -2.28. The van der Waals surface area contributed by atoms with Crippen LogP contribution in [0.3, 0.4) is 0 Å². The van der Waals surface area contributed by atoms with Crippen LogP contribution in [0.25, 0.3) is 0 Å². The number of hydrogen-bond donors (Lipinski definition) is 7. The van der Waals surface area contributed by atoms with Gasteiger partial charge in [0.1, 0.15) is 36.2 Å². The molecule has 1 rings (SSSR count). The van der Waals surface area contributed by atoms with Crippen molar-refractivity contribution in [1.82, 2.24) is 26.6 Å². The number of aliphatic imine (C=N–C) groups is 1. The summed E-state index contributed by atoms with van der Waals surface area (Å²) in [4.78, 5) is 78.0. The largest absolute Gasteiger partial charge is 0.394 e. The molecule has 0 saturated heterocycles. The third kappa shape index (κ3) is 11.7. The van der Waals surface area contributed by atoms with E-state index in [1.54, 1.807) is 31.7 Å². The molecule has 0 saturated carbocycles. The molecule has 14 heteroatoms. The van der Waals surface area contributed by atoms with Gasteiger partial charge in [0.05, 0.1) is 25.3 Å². The number of nitrogens with one attached hydrogen (secondary N) is 5. The van der Waals surface area contributed by atoms with Crippen molar-refractivity contribution in [1.29, 1.82) is 0 Å². The minimum Gasteiger partial charge on any atom is -0.394 e. The zero-order valence-electron chi connectivity index (χ0n) is 23.3. The van der Waals surface area contributed by atoms with Crippen molar-refractivity contribution in [2.24, 2.45) is 16.8 Å². The Morgan fingerprint density at radius 3 is 2.03 bits per heavy atom. The van der Waals surface area contributed by atoms with Gasteiger partial charge in [0.2, 0.25) is 29.5 Å². The quantitative estimate of drug-likeness (QED) is 0.0997. The Morgan fingerprint density at radius 1 is 0.897 bits per heavy atom. The lowest BCUT2D eigenvalue weighted by Crippen LogP contribution is -2.79. The fraction of sp³-hybridized carbons (Fsp3) is 0.640. The van der Waals surface area contributed by atoms with Gasteiger partial charge in [0.25, 0.3) is 0 Å². The average molecular weight is 553 g/mol. The second kappa shape index (κ2) is 16.3. The number of amides is 5. The standard InChI is InChI=1S/C25H41N7O7/c1-13(2)7-19(23(37)30-18(10-33)8-17-9-26-12-27-17)31-25(39)21(14(3)4)32-22(36)15(5)28-24(38)20(11-34)29-16(6)35/h9-10,12-15,18-21,34H,7-8,11H2,1-6H3,(H,26,27)(H,28,38)(H,29,35)(H,30,37)(H,31,39)(H,32,36)/p+1/t15-,18-,19-,20-,21-/m0/s1. The second-order valence-corrected chi connectivity index (χ2v) is 10.2. The van der Waals surface area contributed by atoms with E-state index >= 15 is 0 Å². The Hall–Kier alpha value is -3.65. The molecular weight excluding hydrogens is 510 g/mol. The lowest BCUT2D eigenvalue weighted by atomic mass is 9.99. The molecule has 1 aliphatic heterocycles. The summed E-state index contributed by atoms with van der Waals surface area (Å²) >= 11 is 0. The molecule has 0 aromatic heterocycles. The van der Waals surface area contributed by atoms with E-state index in [0.29, 0.717) is 6.29 Å². The monoisotopic (exact) mass is 552 g/mol. The topological polar surface area (TPSA) is 212 Å². The van der Waals surface area contributed by atoms with Crippen molar-refractivity contribution in [2.75, 3.05) is 6.61 Å². The third-order valence-electron chi connectivity index (χ3n) is 5.78. The van der Waals surface area contributed by atoms with Gasteiger partial charge in [-0.1, -0.05) is 27.7 Å². The molecule has 218 valence electrons. The molecule has 8 N–H and O–H groups in total. The summed E-state index contributed by atoms with van der Waals surface area (Å²) in [5, 5.41) is 23.7. The molecule has 0 unspecified atom stereocenters. The number of carbonyl (C=O) groups excluding carboxylic acids is 6. The van der Waals surface area contributed by atoms with E-state index in [1.807, 2.05) is 13.8 Å². The molecule has 14 nitrogen and oxygen atoms in total. The number of carbonyl (C=O) groups is 6. The number of aldehydes is 1. The summed E-state index contributed by atoms with van der Waals surface area (Å²) in [5.41, 5.74) is 0.781. The predicted octanol–water partition coefficient (Wildman–Crippen LogP) is -2.82. The smallest absolute Gasteiger partial charge is 0.245 e. The first-order chi connectivity index (χ1) is 18.3. The van der Waals surface area contributed by atoms with Crippen LogP contribution in [-0.2, 0) is 28.8 Å². The summed E-state index contributed by atoms with van der Waals surface area (Å²) in [6.45, 7) is 9.09. The second-order valence-electron chi connectivity index (χ2n) is 10.2. The van der Waals surface area contributed by atoms with Crippen molar-refractivity contribution in [3.8, 4) is 0 Å². The highest BCUT2D eigenvalue weighted by molar-refractivity contribution is 5.95. The van der Waals surface area contributed by atoms with E-state index in [0.717, 1.165) is 5.70 Å². The molecule has 0 radical (unpaired) electrons. The van der Waals surface area contributed by atoms with Crippen molar-refractivity contribution in [3.05, 3.63) is 11.9 Å². The molecule has 0 aromatic carbocycles. The van der Waals surface area contributed by atoms with E-state index in [1.165, 1.54) is 13.8 Å². The van der Waals surface area contributed by atoms with Gasteiger partial charge < -0.3 is 36.5 Å². The number of hydrogen-bond acceptors (Lipinski definition) is 8. The van der Waals surface area contributed by atoms with Crippen molar-refractivity contribution in [2.45, 2.75) is 84.6 Å². The van der Waals surface area contributed by atoms with Crippen molar-refractivity contribution in [3.63, 3.8) is 0 Å². The van der Waals surface area contributed by atoms with Gasteiger partial charge in [0, 0.05) is 6.92 Å². The maximum atomic E-state index is 13.2. The van der Waals surface area contributed by atoms with Crippen LogP contribution in [0.2, 0.25) is 0 Å². The molecule has 0 bridgehead atoms. The maximum absolute atomic E-state index is 13.2. The fourth-order valence-corrected chi connectivity index (χ4v) is 3.71. The zero-order chi connectivity index (χ0) is 29.7. The Kier molecular flexibility index (Phi) is 14.0. The average Bonchev–Trinajstić information content (AvgIpc) is 3.36. The van der Waals surface area contributed by atoms with Crippen LogP contribution in [0.4, 0.5) is 0 Å². The van der Waals surface area contributed by atoms with E-state index in [4.69, 9.17) is 0 Å². The summed E-state index contributed by atoms with van der Waals surface area (Å²) in [5.74, 6) is -3.46. The first kappa shape index (κ1) is 33.4. The van der Waals surface area contributed by atoms with Gasteiger partial charge in [-0.3, -0.25) is 29.3 Å². The summed E-state index contributed by atoms with van der Waals surface area (Å²) in [6, 6.07) is -5.14. The molecule has 0 aliphatic carbocycles. The lowest BCUT2D eigenvalue weighted by molar-refractivity contribution is -0.472. The Morgan fingerprint density at radius 2 is 1.54 bits per heavy atom. The van der Waals surface area contributed by atoms with Crippen LogP contribution in [0, 0.1) is 11.8 Å². The predicted molar refractivity (Wildman–Crippen MR) is 142 cm³/mol. The normalized spacial score (nSPS) is 16.4. The van der Waals surface area contributed by atoms with Crippen LogP contribution < -0.4 is 31.9 Å². The Balaban J connectivity index is 2.88. The SMILES string of the molecule is CC(=O)N[C@@H](CO)C(=O)N[C@@H](C)C(=O)N[C@H](C(=O)N[C@@H](CC(C)C)C(=O)N[C@H](C=O)CC1=CN=C[NH2+]1)C(C)C. The summed E-state index contributed by atoms with van der Waals surface area (Å²) in [7, 11) is 0. The van der Waals surface area contributed by atoms with Crippen LogP contribution >= 0.6 is 0 Å². The molecular formula is C25H42N7O7+. The first-order valence-corrected chi connectivity index (χ1v) is 12.9. The molecule has 0 spiro atoms. The number of aliphatic hydroxyl groups excluding tert-OH is 1. The number of nitrogens with zero attached hydrogens (tertiary/aromatic N) is 1. The van der Waals surface area contributed by atoms with Gasteiger partial charge in [0.15, 0.2) is 6.34 Å². The molecule has 0 aromatic rings. The molecule has 1 heterocycles. The minimum atomic E-state index is -1.23. The van der Waals surface area contributed by atoms with E-state index < -0.39 is 66.4 Å². The highest BCUT2D eigenvalue weighted by atomic mass is 16.3. The molecule has 1 aliphatic rings. The fourth-order valence-electron chi connectivity index (χ4n) is 3.71. The van der Waals surface area contributed by atoms with Gasteiger partial charge in [-0.05, 0) is 25.2 Å². The van der Waals surface area contributed by atoms with Crippen LogP contribution in [0.1, 0.15) is 54.4 Å². The summed E-state index contributed by atoms with van der Waals surface area (Å²) in [6.07, 6.45) is 4.35. The Labute approximate surface area is 228 Å². The minimum absolute atomic E-state index is 0.0282. The first-order valence-electron chi connectivity index (χ1n) is 12.9. The van der Waals surface area contributed by atoms with E-state index in [2.05, 4.69) is 31.6 Å². The van der Waals surface area contributed by atoms with Crippen LogP contribution in [-0.4, -0.2) is 84.1 Å². The third-order valence-corrected chi connectivity index (χ3v) is 5.78. The highest BCUT2D eigenvalue weighted by Gasteiger charge is 2.32. The van der Waals surface area contributed by atoms with Crippen molar-refractivity contribution >= 4 is 42.2 Å². The van der Waals surface area contributed by atoms with Crippen LogP contribution in [0.15, 0.2) is 16.9 Å². The number of aliphatic hydroxyl groups is 1. The molecule has 5 amide bonds. The number of rotatable bonds is 16. The Bertz CT molecular complexity index is 964. The zero-order valence-corrected chi connectivity index (χ0v) is 23.3. The van der Waals surface area contributed by atoms with E-state index in [9.17, 15) is 33.9 Å². The van der Waals surface area contributed by atoms with Gasteiger partial charge >= 0.3 is 0 Å². The van der Waals surface area contributed by atoms with E-state index in [-0.39, 0.29) is 24.7 Å². The highest BCUT2D eigenvalue weighted by Crippen LogP contribution is 2.09. The summed E-state index contributed by atoms with van der Waals surface area (Å²) < 4.78 is 0. The number of quaternary nitrogens is 1. The molecule has 0 fully saturated rings. The van der Waals surface area contributed by atoms with Gasteiger partial charge in [-0.2, -0.15) is 0 Å². The number of nitrogens with two attached hydrogens (primary N) is 1. The molecule has 39 heavy (non-hydrogen) atoms. The van der Waals surface area contributed by atoms with Gasteiger partial charge in [-0.25, -0.2) is 4.99 Å². The molecule has 5 atom stereocenters. The maximum Gasteiger partial charge on any atom is 0.245 e. The van der Waals surface area contributed by atoms with Crippen molar-refractivity contribution < 1.29 is 39.2 Å².